The molecular formula is C18H29ClN2O2. The highest BCUT2D eigenvalue weighted by Gasteiger charge is 2.23. The van der Waals surface area contributed by atoms with E-state index in [2.05, 4.69) is 48.3 Å². The lowest BCUT2D eigenvalue weighted by atomic mass is 10.1. The molecule has 4 nitrogen and oxygen atoms in total. The lowest BCUT2D eigenvalue weighted by Crippen LogP contribution is -2.54. The minimum absolute atomic E-state index is 0. The normalized spacial score (nSPS) is 28.3. The molecule has 0 bridgehead atoms. The Hall–Kier alpha value is -0.810. The van der Waals surface area contributed by atoms with Crippen molar-refractivity contribution < 1.29 is 9.47 Å². The molecule has 2 fully saturated rings. The van der Waals surface area contributed by atoms with Crippen LogP contribution in [0.4, 0.5) is 0 Å². The van der Waals surface area contributed by atoms with Crippen LogP contribution in [0.5, 0.6) is 5.75 Å². The van der Waals surface area contributed by atoms with Crippen LogP contribution in [0.25, 0.3) is 0 Å². The predicted molar refractivity (Wildman–Crippen MR) is 95.5 cm³/mol. The highest BCUT2D eigenvalue weighted by atomic mass is 35.5. The Morgan fingerprint density at radius 1 is 1.26 bits per heavy atom. The van der Waals surface area contributed by atoms with Crippen LogP contribution in [0.1, 0.15) is 32.3 Å². The molecule has 3 atom stereocenters. The Morgan fingerprint density at radius 3 is 2.74 bits per heavy atom. The van der Waals surface area contributed by atoms with E-state index in [1.807, 2.05) is 0 Å². The Labute approximate surface area is 145 Å². The zero-order chi connectivity index (χ0) is 15.4. The zero-order valence-electron chi connectivity index (χ0n) is 14.2. The number of halogens is 1. The van der Waals surface area contributed by atoms with Crippen LogP contribution in [-0.4, -0.2) is 49.4 Å². The maximum absolute atomic E-state index is 5.82. The first-order valence-electron chi connectivity index (χ1n) is 8.53. The van der Waals surface area contributed by atoms with E-state index in [-0.39, 0.29) is 18.5 Å². The Kier molecular flexibility index (Phi) is 7.15. The van der Waals surface area contributed by atoms with Gasteiger partial charge in [0, 0.05) is 38.3 Å². The average molecular weight is 341 g/mol. The van der Waals surface area contributed by atoms with E-state index < -0.39 is 0 Å². The molecule has 2 saturated heterocycles. The third-order valence-electron chi connectivity index (χ3n) is 4.93. The fourth-order valence-electron chi connectivity index (χ4n) is 3.24. The fraction of sp³-hybridized carbons (Fsp3) is 0.667. The summed E-state index contributed by atoms with van der Waals surface area (Å²) in [5, 5.41) is 3.53. The second-order valence-corrected chi connectivity index (χ2v) is 6.54. The number of ether oxygens (including phenoxy) is 2. The van der Waals surface area contributed by atoms with Crippen LogP contribution in [0.15, 0.2) is 24.3 Å². The second-order valence-electron chi connectivity index (χ2n) is 6.54. The molecule has 1 aromatic carbocycles. The van der Waals surface area contributed by atoms with Crippen LogP contribution in [0.3, 0.4) is 0 Å². The Balaban J connectivity index is 0.00000192. The predicted octanol–water partition coefficient (Wildman–Crippen LogP) is 2.85. The Bertz CT molecular complexity index is 463. The number of nitrogens with zero attached hydrogens (tertiary/aromatic N) is 1. The van der Waals surface area contributed by atoms with Gasteiger partial charge in [0.2, 0.25) is 0 Å². The monoisotopic (exact) mass is 340 g/mol. The van der Waals surface area contributed by atoms with Crippen molar-refractivity contribution in [2.45, 2.75) is 51.4 Å². The van der Waals surface area contributed by atoms with Crippen molar-refractivity contribution in [1.29, 1.82) is 0 Å². The van der Waals surface area contributed by atoms with Gasteiger partial charge in [0.1, 0.15) is 12.4 Å². The van der Waals surface area contributed by atoms with Crippen molar-refractivity contribution in [1.82, 2.24) is 10.2 Å². The van der Waals surface area contributed by atoms with Gasteiger partial charge in [0.25, 0.3) is 0 Å². The molecule has 2 aliphatic rings. The first-order chi connectivity index (χ1) is 10.7. The maximum Gasteiger partial charge on any atom is 0.119 e. The molecule has 3 unspecified atom stereocenters. The van der Waals surface area contributed by atoms with Crippen molar-refractivity contribution >= 4 is 12.4 Å². The molecule has 0 amide bonds. The lowest BCUT2D eigenvalue weighted by Gasteiger charge is -2.38. The summed E-state index contributed by atoms with van der Waals surface area (Å²) in [6.45, 7) is 9.32. The summed E-state index contributed by atoms with van der Waals surface area (Å²) in [5.41, 5.74) is 1.35. The van der Waals surface area contributed by atoms with E-state index in [9.17, 15) is 0 Å². The van der Waals surface area contributed by atoms with E-state index in [4.69, 9.17) is 9.47 Å². The van der Waals surface area contributed by atoms with Gasteiger partial charge in [-0.1, -0.05) is 12.1 Å². The van der Waals surface area contributed by atoms with Crippen molar-refractivity contribution in [3.05, 3.63) is 29.8 Å². The molecule has 0 spiro atoms. The molecule has 1 aromatic rings. The minimum atomic E-state index is 0. The first-order valence-corrected chi connectivity index (χ1v) is 8.53. The number of benzene rings is 1. The topological polar surface area (TPSA) is 33.7 Å². The van der Waals surface area contributed by atoms with Gasteiger partial charge in [-0.25, -0.2) is 0 Å². The van der Waals surface area contributed by atoms with Gasteiger partial charge in [0.05, 0.1) is 6.10 Å². The third-order valence-corrected chi connectivity index (χ3v) is 4.93. The molecular weight excluding hydrogens is 312 g/mol. The fourth-order valence-corrected chi connectivity index (χ4v) is 3.24. The second kappa shape index (κ2) is 8.88. The molecule has 0 aliphatic carbocycles. The highest BCUT2D eigenvalue weighted by molar-refractivity contribution is 5.85. The van der Waals surface area contributed by atoms with E-state index in [0.29, 0.717) is 18.7 Å². The molecule has 5 heteroatoms. The van der Waals surface area contributed by atoms with Gasteiger partial charge >= 0.3 is 0 Å². The molecule has 2 heterocycles. The summed E-state index contributed by atoms with van der Waals surface area (Å²) in [6, 6.07) is 9.67. The number of rotatable bonds is 5. The van der Waals surface area contributed by atoms with Gasteiger partial charge in [-0.05, 0) is 44.4 Å². The molecule has 130 valence electrons. The summed E-state index contributed by atoms with van der Waals surface area (Å²) < 4.78 is 11.4. The van der Waals surface area contributed by atoms with Crippen molar-refractivity contribution in [2.24, 2.45) is 0 Å². The summed E-state index contributed by atoms with van der Waals surface area (Å²) in [5.74, 6) is 0.945. The SMILES string of the molecule is CC1NCCN(Cc2ccc(OCC3CCCO3)cc2)C1C.Cl. The highest BCUT2D eigenvalue weighted by Crippen LogP contribution is 2.19. The van der Waals surface area contributed by atoms with Crippen LogP contribution in [-0.2, 0) is 11.3 Å². The lowest BCUT2D eigenvalue weighted by molar-refractivity contribution is 0.0679. The smallest absolute Gasteiger partial charge is 0.119 e. The van der Waals surface area contributed by atoms with Gasteiger partial charge in [-0.15, -0.1) is 12.4 Å². The van der Waals surface area contributed by atoms with Crippen LogP contribution < -0.4 is 10.1 Å². The quantitative estimate of drug-likeness (QED) is 0.893. The number of nitrogens with one attached hydrogen (secondary N) is 1. The third kappa shape index (κ3) is 5.08. The molecule has 3 rings (SSSR count). The van der Waals surface area contributed by atoms with Crippen LogP contribution in [0, 0.1) is 0 Å². The van der Waals surface area contributed by atoms with Crippen molar-refractivity contribution in [2.75, 3.05) is 26.3 Å². The standard InChI is InChI=1S/C18H28N2O2.ClH/c1-14-15(2)20(10-9-19-14)12-16-5-7-17(8-6-16)22-13-18-4-3-11-21-18;/h5-8,14-15,18-19H,3-4,9-13H2,1-2H3;1H. The average Bonchev–Trinajstić information content (AvgIpc) is 3.05. The van der Waals surface area contributed by atoms with Gasteiger partial charge in [0.15, 0.2) is 0 Å². The summed E-state index contributed by atoms with van der Waals surface area (Å²) in [7, 11) is 0. The zero-order valence-corrected chi connectivity index (χ0v) is 15.0. The summed E-state index contributed by atoms with van der Waals surface area (Å²) in [4.78, 5) is 2.55. The molecule has 0 aromatic heterocycles. The van der Waals surface area contributed by atoms with E-state index in [1.165, 1.54) is 5.56 Å². The van der Waals surface area contributed by atoms with E-state index >= 15 is 0 Å². The van der Waals surface area contributed by atoms with Gasteiger partial charge < -0.3 is 14.8 Å². The molecule has 1 N–H and O–H groups in total. The molecule has 23 heavy (non-hydrogen) atoms. The largest absolute Gasteiger partial charge is 0.491 e. The number of hydrogen-bond donors (Lipinski definition) is 1. The van der Waals surface area contributed by atoms with Crippen molar-refractivity contribution in [3.63, 3.8) is 0 Å². The van der Waals surface area contributed by atoms with Crippen molar-refractivity contribution in [3.8, 4) is 5.75 Å². The first kappa shape index (κ1) is 18.5. The summed E-state index contributed by atoms with van der Waals surface area (Å²) in [6.07, 6.45) is 2.56. The van der Waals surface area contributed by atoms with Crippen LogP contribution in [0.2, 0.25) is 0 Å². The number of piperazine rings is 1. The van der Waals surface area contributed by atoms with E-state index in [1.54, 1.807) is 0 Å². The summed E-state index contributed by atoms with van der Waals surface area (Å²) >= 11 is 0. The van der Waals surface area contributed by atoms with Gasteiger partial charge in [-0.3, -0.25) is 4.90 Å². The van der Waals surface area contributed by atoms with E-state index in [0.717, 1.165) is 44.8 Å². The Morgan fingerprint density at radius 2 is 2.04 bits per heavy atom. The number of hydrogen-bond acceptors (Lipinski definition) is 4. The van der Waals surface area contributed by atoms with Gasteiger partial charge in [-0.2, -0.15) is 0 Å². The maximum atomic E-state index is 5.82. The van der Waals surface area contributed by atoms with Crippen LogP contribution >= 0.6 is 12.4 Å². The molecule has 0 saturated carbocycles. The molecule has 2 aliphatic heterocycles. The minimum Gasteiger partial charge on any atom is -0.491 e. The molecule has 0 radical (unpaired) electrons.